The number of hydrogen-bond acceptors (Lipinski definition) is 4. The third-order valence-corrected chi connectivity index (χ3v) is 2.81. The molecule has 78 valence electrons. The molecule has 0 spiro atoms. The fourth-order valence-electron chi connectivity index (χ4n) is 1.84. The van der Waals surface area contributed by atoms with Crippen molar-refractivity contribution in [1.29, 1.82) is 0 Å². The SMILES string of the molecule is COC1CCC(O)C(OC)(OC)C1. The summed E-state index contributed by atoms with van der Waals surface area (Å²) in [7, 11) is 4.76. The van der Waals surface area contributed by atoms with Gasteiger partial charge in [-0.05, 0) is 12.8 Å². The molecule has 0 heterocycles. The highest BCUT2D eigenvalue weighted by Gasteiger charge is 2.44. The molecular weight excluding hydrogens is 172 g/mol. The Morgan fingerprint density at radius 2 is 1.77 bits per heavy atom. The van der Waals surface area contributed by atoms with Crippen LogP contribution < -0.4 is 0 Å². The standard InChI is InChI=1S/C9H18O4/c1-11-7-4-5-8(10)9(6-7,12-2)13-3/h7-8,10H,4-6H2,1-3H3. The van der Waals surface area contributed by atoms with E-state index in [1.165, 1.54) is 0 Å². The molecule has 0 aliphatic heterocycles. The first-order valence-electron chi connectivity index (χ1n) is 4.49. The molecule has 0 aromatic heterocycles. The van der Waals surface area contributed by atoms with Gasteiger partial charge in [-0.3, -0.25) is 0 Å². The van der Waals surface area contributed by atoms with Crippen LogP contribution in [0.3, 0.4) is 0 Å². The fourth-order valence-corrected chi connectivity index (χ4v) is 1.84. The van der Waals surface area contributed by atoms with Crippen LogP contribution in [0.15, 0.2) is 0 Å². The number of methoxy groups -OCH3 is 3. The lowest BCUT2D eigenvalue weighted by molar-refractivity contribution is -0.286. The van der Waals surface area contributed by atoms with Crippen LogP contribution in [0.1, 0.15) is 19.3 Å². The van der Waals surface area contributed by atoms with Gasteiger partial charge in [0.1, 0.15) is 6.10 Å². The van der Waals surface area contributed by atoms with Crippen molar-refractivity contribution in [3.63, 3.8) is 0 Å². The van der Waals surface area contributed by atoms with E-state index < -0.39 is 11.9 Å². The van der Waals surface area contributed by atoms with E-state index in [4.69, 9.17) is 14.2 Å². The van der Waals surface area contributed by atoms with Crippen LogP contribution >= 0.6 is 0 Å². The highest BCUT2D eigenvalue weighted by atomic mass is 16.7. The van der Waals surface area contributed by atoms with E-state index in [2.05, 4.69) is 0 Å². The predicted octanol–water partition coefficient (Wildman–Crippen LogP) is 0.535. The summed E-state index contributed by atoms with van der Waals surface area (Å²) in [5.74, 6) is -0.876. The quantitative estimate of drug-likeness (QED) is 0.660. The van der Waals surface area contributed by atoms with E-state index in [0.29, 0.717) is 12.8 Å². The zero-order chi connectivity index (χ0) is 9.90. The van der Waals surface area contributed by atoms with Crippen LogP contribution in [0.5, 0.6) is 0 Å². The summed E-state index contributed by atoms with van der Waals surface area (Å²) in [4.78, 5) is 0. The van der Waals surface area contributed by atoms with Gasteiger partial charge in [-0.25, -0.2) is 0 Å². The van der Waals surface area contributed by atoms with Gasteiger partial charge in [-0.2, -0.15) is 0 Å². The Kier molecular flexibility index (Phi) is 3.67. The fraction of sp³-hybridized carbons (Fsp3) is 1.00. The van der Waals surface area contributed by atoms with Gasteiger partial charge in [-0.15, -0.1) is 0 Å². The van der Waals surface area contributed by atoms with Crippen LogP contribution in [0.4, 0.5) is 0 Å². The molecule has 0 amide bonds. The van der Waals surface area contributed by atoms with Gasteiger partial charge in [-0.1, -0.05) is 0 Å². The molecule has 1 fully saturated rings. The number of aliphatic hydroxyl groups excluding tert-OH is 1. The summed E-state index contributed by atoms with van der Waals surface area (Å²) in [5, 5.41) is 9.73. The smallest absolute Gasteiger partial charge is 0.196 e. The topological polar surface area (TPSA) is 47.9 Å². The Balaban J connectivity index is 2.67. The summed E-state index contributed by atoms with van der Waals surface area (Å²) in [5.41, 5.74) is 0. The van der Waals surface area contributed by atoms with Gasteiger partial charge in [0.15, 0.2) is 5.79 Å². The normalized spacial score (nSPS) is 33.2. The molecule has 4 heteroatoms. The van der Waals surface area contributed by atoms with Crippen molar-refractivity contribution in [2.24, 2.45) is 0 Å². The molecule has 0 aromatic carbocycles. The molecule has 1 saturated carbocycles. The Hall–Kier alpha value is -0.160. The highest BCUT2D eigenvalue weighted by Crippen LogP contribution is 2.33. The molecule has 1 aliphatic carbocycles. The average molecular weight is 190 g/mol. The first-order chi connectivity index (χ1) is 6.18. The number of aliphatic hydroxyl groups is 1. The number of hydrogen-bond donors (Lipinski definition) is 1. The van der Waals surface area contributed by atoms with Gasteiger partial charge >= 0.3 is 0 Å². The third kappa shape index (κ3) is 2.02. The molecule has 2 unspecified atom stereocenters. The molecule has 0 bridgehead atoms. The summed E-state index contributed by atoms with van der Waals surface area (Å²) in [6, 6.07) is 0. The van der Waals surface area contributed by atoms with Crippen molar-refractivity contribution in [3.8, 4) is 0 Å². The lowest BCUT2D eigenvalue weighted by Crippen LogP contribution is -2.52. The van der Waals surface area contributed by atoms with E-state index in [9.17, 15) is 5.11 Å². The predicted molar refractivity (Wildman–Crippen MR) is 47.4 cm³/mol. The molecule has 1 aliphatic rings. The average Bonchev–Trinajstić information content (AvgIpc) is 2.19. The monoisotopic (exact) mass is 190 g/mol. The Bertz CT molecular complexity index is 156. The van der Waals surface area contributed by atoms with Gasteiger partial charge in [0.05, 0.1) is 6.10 Å². The first kappa shape index (κ1) is 10.9. The van der Waals surface area contributed by atoms with Crippen LogP contribution in [-0.2, 0) is 14.2 Å². The minimum Gasteiger partial charge on any atom is -0.388 e. The molecule has 0 radical (unpaired) electrons. The second-order valence-corrected chi connectivity index (χ2v) is 3.38. The van der Waals surface area contributed by atoms with Crippen molar-refractivity contribution in [2.45, 2.75) is 37.3 Å². The second-order valence-electron chi connectivity index (χ2n) is 3.38. The van der Waals surface area contributed by atoms with Crippen LogP contribution in [0.2, 0.25) is 0 Å². The molecule has 4 nitrogen and oxygen atoms in total. The lowest BCUT2D eigenvalue weighted by atomic mass is 9.89. The Labute approximate surface area is 78.8 Å². The van der Waals surface area contributed by atoms with Gasteiger partial charge in [0.2, 0.25) is 0 Å². The van der Waals surface area contributed by atoms with Crippen molar-refractivity contribution in [3.05, 3.63) is 0 Å². The molecule has 2 atom stereocenters. The van der Waals surface area contributed by atoms with E-state index in [0.717, 1.165) is 6.42 Å². The van der Waals surface area contributed by atoms with Gasteiger partial charge in [0.25, 0.3) is 0 Å². The minimum atomic E-state index is -0.876. The van der Waals surface area contributed by atoms with E-state index in [1.54, 1.807) is 21.3 Å². The highest BCUT2D eigenvalue weighted by molar-refractivity contribution is 4.88. The van der Waals surface area contributed by atoms with E-state index >= 15 is 0 Å². The maximum Gasteiger partial charge on any atom is 0.196 e. The largest absolute Gasteiger partial charge is 0.388 e. The van der Waals surface area contributed by atoms with E-state index in [1.807, 2.05) is 0 Å². The summed E-state index contributed by atoms with van der Waals surface area (Å²) < 4.78 is 15.7. The van der Waals surface area contributed by atoms with Crippen molar-refractivity contribution >= 4 is 0 Å². The van der Waals surface area contributed by atoms with Crippen LogP contribution in [0, 0.1) is 0 Å². The van der Waals surface area contributed by atoms with Crippen molar-refractivity contribution in [2.75, 3.05) is 21.3 Å². The maximum absolute atomic E-state index is 9.73. The number of ether oxygens (including phenoxy) is 3. The molecule has 0 saturated heterocycles. The van der Waals surface area contributed by atoms with Crippen LogP contribution in [0.25, 0.3) is 0 Å². The zero-order valence-electron chi connectivity index (χ0n) is 8.45. The maximum atomic E-state index is 9.73. The summed E-state index contributed by atoms with van der Waals surface area (Å²) in [6.45, 7) is 0. The van der Waals surface area contributed by atoms with Gasteiger partial charge in [0, 0.05) is 27.8 Å². The third-order valence-electron chi connectivity index (χ3n) is 2.81. The second kappa shape index (κ2) is 4.37. The molecule has 13 heavy (non-hydrogen) atoms. The Morgan fingerprint density at radius 3 is 2.23 bits per heavy atom. The lowest BCUT2D eigenvalue weighted by Gasteiger charge is -2.41. The van der Waals surface area contributed by atoms with Gasteiger partial charge < -0.3 is 19.3 Å². The minimum absolute atomic E-state index is 0.114. The first-order valence-corrected chi connectivity index (χ1v) is 4.49. The summed E-state index contributed by atoms with van der Waals surface area (Å²) >= 11 is 0. The molecular formula is C9H18O4. The van der Waals surface area contributed by atoms with Crippen molar-refractivity contribution < 1.29 is 19.3 Å². The molecule has 1 N–H and O–H groups in total. The number of rotatable bonds is 3. The Morgan fingerprint density at radius 1 is 1.15 bits per heavy atom. The van der Waals surface area contributed by atoms with E-state index in [-0.39, 0.29) is 6.10 Å². The zero-order valence-corrected chi connectivity index (χ0v) is 8.45. The summed E-state index contributed by atoms with van der Waals surface area (Å²) in [6.07, 6.45) is 1.64. The van der Waals surface area contributed by atoms with Crippen LogP contribution in [-0.4, -0.2) is 44.4 Å². The molecule has 0 aromatic rings. The van der Waals surface area contributed by atoms with Crippen molar-refractivity contribution in [1.82, 2.24) is 0 Å². The molecule has 1 rings (SSSR count).